The van der Waals surface area contributed by atoms with Crippen molar-refractivity contribution >= 4 is 0 Å². The molecule has 4 nitrogen and oxygen atoms in total. The number of methoxy groups -OCH3 is 1. The van der Waals surface area contributed by atoms with Gasteiger partial charge in [-0.2, -0.15) is 5.26 Å². The van der Waals surface area contributed by atoms with Gasteiger partial charge in [-0.25, -0.2) is 0 Å². The van der Waals surface area contributed by atoms with Gasteiger partial charge in [-0.05, 0) is 17.7 Å². The molecule has 0 aliphatic carbocycles. The minimum atomic E-state index is -0.120. The number of hydrogen-bond acceptors (Lipinski definition) is 4. The zero-order chi connectivity index (χ0) is 10.4. The monoisotopic (exact) mass is 191 g/mol. The first-order chi connectivity index (χ1) is 6.81. The summed E-state index contributed by atoms with van der Waals surface area (Å²) in [6, 6.07) is 9.42. The van der Waals surface area contributed by atoms with Gasteiger partial charge in [0.15, 0.2) is 0 Å². The van der Waals surface area contributed by atoms with Crippen molar-refractivity contribution in [3.8, 4) is 11.8 Å². The molecule has 0 unspecified atom stereocenters. The lowest BCUT2D eigenvalue weighted by Crippen LogP contribution is -2.27. The molecule has 1 aromatic rings. The molecule has 0 aromatic heterocycles. The fourth-order valence-corrected chi connectivity index (χ4v) is 1.20. The molecule has 1 aromatic carbocycles. The molecule has 0 aliphatic heterocycles. The first-order valence-corrected chi connectivity index (χ1v) is 4.29. The summed E-state index contributed by atoms with van der Waals surface area (Å²) < 4.78 is 5.03. The molecule has 0 fully saturated rings. The van der Waals surface area contributed by atoms with Crippen LogP contribution in [0.3, 0.4) is 0 Å². The van der Waals surface area contributed by atoms with Crippen molar-refractivity contribution in [2.45, 2.75) is 12.5 Å². The second-order valence-electron chi connectivity index (χ2n) is 2.85. The lowest BCUT2D eigenvalue weighted by molar-refractivity contribution is 0.414. The van der Waals surface area contributed by atoms with E-state index >= 15 is 0 Å². The van der Waals surface area contributed by atoms with Crippen LogP contribution in [0.25, 0.3) is 0 Å². The molecule has 1 atom stereocenters. The van der Waals surface area contributed by atoms with Gasteiger partial charge in [0.1, 0.15) is 5.75 Å². The average Bonchev–Trinajstić information content (AvgIpc) is 2.26. The van der Waals surface area contributed by atoms with Crippen LogP contribution in [0.2, 0.25) is 0 Å². The Hall–Kier alpha value is -1.57. The first-order valence-electron chi connectivity index (χ1n) is 4.29. The molecule has 1 rings (SSSR count). The summed E-state index contributed by atoms with van der Waals surface area (Å²) in [6.07, 6.45) is 0.350. The van der Waals surface area contributed by atoms with Crippen molar-refractivity contribution in [1.29, 1.82) is 5.26 Å². The minimum absolute atomic E-state index is 0.120. The fraction of sp³-hybridized carbons (Fsp3) is 0.300. The van der Waals surface area contributed by atoms with Gasteiger partial charge in [-0.3, -0.25) is 11.3 Å². The zero-order valence-electron chi connectivity index (χ0n) is 8.03. The maximum absolute atomic E-state index is 8.56. The molecular formula is C10H13N3O. The number of ether oxygens (including phenoxy) is 1. The average molecular weight is 191 g/mol. The van der Waals surface area contributed by atoms with Gasteiger partial charge in [0.25, 0.3) is 0 Å². The van der Waals surface area contributed by atoms with Crippen LogP contribution >= 0.6 is 0 Å². The van der Waals surface area contributed by atoms with E-state index in [1.54, 1.807) is 7.11 Å². The number of benzene rings is 1. The highest BCUT2D eigenvalue weighted by Crippen LogP contribution is 2.18. The maximum atomic E-state index is 8.56. The lowest BCUT2D eigenvalue weighted by Gasteiger charge is -2.12. The SMILES string of the molecule is COc1ccc([C@@H](CC#N)NN)cc1. The molecule has 0 saturated heterocycles. The number of nitriles is 1. The minimum Gasteiger partial charge on any atom is -0.497 e. The van der Waals surface area contributed by atoms with E-state index in [2.05, 4.69) is 11.5 Å². The van der Waals surface area contributed by atoms with Crippen molar-refractivity contribution in [2.75, 3.05) is 7.11 Å². The van der Waals surface area contributed by atoms with Crippen LogP contribution in [-0.4, -0.2) is 7.11 Å². The highest BCUT2D eigenvalue weighted by atomic mass is 16.5. The van der Waals surface area contributed by atoms with Crippen molar-refractivity contribution in [3.05, 3.63) is 29.8 Å². The summed E-state index contributed by atoms with van der Waals surface area (Å²) in [6.45, 7) is 0. The summed E-state index contributed by atoms with van der Waals surface area (Å²) in [5, 5.41) is 8.56. The van der Waals surface area contributed by atoms with E-state index in [-0.39, 0.29) is 6.04 Å². The number of hydrazine groups is 1. The second kappa shape index (κ2) is 5.22. The summed E-state index contributed by atoms with van der Waals surface area (Å²) in [7, 11) is 1.61. The molecule has 14 heavy (non-hydrogen) atoms. The predicted molar refractivity (Wildman–Crippen MR) is 53.3 cm³/mol. The largest absolute Gasteiger partial charge is 0.497 e. The van der Waals surface area contributed by atoms with Crippen LogP contribution in [0, 0.1) is 11.3 Å². The Balaban J connectivity index is 2.79. The van der Waals surface area contributed by atoms with Crippen molar-refractivity contribution in [1.82, 2.24) is 5.43 Å². The van der Waals surface area contributed by atoms with E-state index in [1.807, 2.05) is 24.3 Å². The van der Waals surface area contributed by atoms with Gasteiger partial charge < -0.3 is 4.74 Å². The summed E-state index contributed by atoms with van der Waals surface area (Å²) >= 11 is 0. The van der Waals surface area contributed by atoms with Gasteiger partial charge in [0.05, 0.1) is 25.6 Å². The van der Waals surface area contributed by atoms with Crippen molar-refractivity contribution in [2.24, 2.45) is 5.84 Å². The number of rotatable bonds is 4. The number of nitrogens with two attached hydrogens (primary N) is 1. The van der Waals surface area contributed by atoms with Crippen molar-refractivity contribution in [3.63, 3.8) is 0 Å². The highest BCUT2D eigenvalue weighted by molar-refractivity contribution is 5.29. The van der Waals surface area contributed by atoms with Gasteiger partial charge in [0, 0.05) is 0 Å². The molecule has 0 spiro atoms. The molecule has 0 heterocycles. The molecule has 3 N–H and O–H groups in total. The van der Waals surface area contributed by atoms with E-state index in [0.29, 0.717) is 6.42 Å². The Morgan fingerprint density at radius 1 is 1.50 bits per heavy atom. The van der Waals surface area contributed by atoms with E-state index in [1.165, 1.54) is 0 Å². The quantitative estimate of drug-likeness (QED) is 0.552. The van der Waals surface area contributed by atoms with E-state index in [9.17, 15) is 0 Å². The Labute approximate surface area is 83.3 Å². The van der Waals surface area contributed by atoms with Crippen LogP contribution in [-0.2, 0) is 0 Å². The Bertz CT molecular complexity index is 315. The van der Waals surface area contributed by atoms with Crippen LogP contribution in [0.4, 0.5) is 0 Å². The van der Waals surface area contributed by atoms with Gasteiger partial charge >= 0.3 is 0 Å². The summed E-state index contributed by atoms with van der Waals surface area (Å²) in [5.41, 5.74) is 3.57. The third kappa shape index (κ3) is 2.46. The van der Waals surface area contributed by atoms with E-state index in [4.69, 9.17) is 15.8 Å². The van der Waals surface area contributed by atoms with E-state index < -0.39 is 0 Å². The molecule has 74 valence electrons. The van der Waals surface area contributed by atoms with Crippen LogP contribution in [0.1, 0.15) is 18.0 Å². The van der Waals surface area contributed by atoms with Crippen LogP contribution in [0.5, 0.6) is 5.75 Å². The number of nitrogens with one attached hydrogen (secondary N) is 1. The number of nitrogens with zero attached hydrogens (tertiary/aromatic N) is 1. The summed E-state index contributed by atoms with van der Waals surface area (Å²) in [5.74, 6) is 6.12. The van der Waals surface area contributed by atoms with Gasteiger partial charge in [0.2, 0.25) is 0 Å². The molecular weight excluding hydrogens is 178 g/mol. The zero-order valence-corrected chi connectivity index (χ0v) is 8.03. The van der Waals surface area contributed by atoms with Crippen molar-refractivity contribution < 1.29 is 4.74 Å². The Morgan fingerprint density at radius 3 is 2.57 bits per heavy atom. The third-order valence-corrected chi connectivity index (χ3v) is 2.01. The topological polar surface area (TPSA) is 71.1 Å². The van der Waals surface area contributed by atoms with E-state index in [0.717, 1.165) is 11.3 Å². The van der Waals surface area contributed by atoms with Gasteiger partial charge in [-0.1, -0.05) is 12.1 Å². The molecule has 0 amide bonds. The van der Waals surface area contributed by atoms with Crippen LogP contribution < -0.4 is 16.0 Å². The molecule has 0 aliphatic rings. The lowest BCUT2D eigenvalue weighted by atomic mass is 10.1. The standard InChI is InChI=1S/C10H13N3O/c1-14-9-4-2-8(3-5-9)10(13-12)6-7-11/h2-5,10,13H,6,12H2,1H3/t10-/m1/s1. The predicted octanol–water partition coefficient (Wildman–Crippen LogP) is 1.11. The number of hydrogen-bond donors (Lipinski definition) is 2. The smallest absolute Gasteiger partial charge is 0.118 e. The molecule has 0 saturated carbocycles. The first kappa shape index (κ1) is 10.5. The molecule has 0 bridgehead atoms. The third-order valence-electron chi connectivity index (χ3n) is 2.01. The molecule has 0 radical (unpaired) electrons. The summed E-state index contributed by atoms with van der Waals surface area (Å²) in [4.78, 5) is 0. The Morgan fingerprint density at radius 2 is 2.14 bits per heavy atom. The highest BCUT2D eigenvalue weighted by Gasteiger charge is 2.08. The second-order valence-corrected chi connectivity index (χ2v) is 2.85. The van der Waals surface area contributed by atoms with Gasteiger partial charge in [-0.15, -0.1) is 0 Å². The normalized spacial score (nSPS) is 11.8. The fourth-order valence-electron chi connectivity index (χ4n) is 1.20. The van der Waals surface area contributed by atoms with Crippen LogP contribution in [0.15, 0.2) is 24.3 Å². The molecule has 4 heteroatoms. The maximum Gasteiger partial charge on any atom is 0.118 e. The Kier molecular flexibility index (Phi) is 3.92.